The Morgan fingerprint density at radius 2 is 1.90 bits per heavy atom. The monoisotopic (exact) mass is 293 g/mol. The number of rotatable bonds is 8. The molecule has 1 unspecified atom stereocenters. The molecule has 0 radical (unpaired) electrons. The van der Waals surface area contributed by atoms with Gasteiger partial charge in [0.2, 0.25) is 0 Å². The smallest absolute Gasteiger partial charge is 0.269 e. The molecule has 0 bridgehead atoms. The molecule has 1 rings (SSSR count). The van der Waals surface area contributed by atoms with Crippen molar-refractivity contribution in [1.29, 1.82) is 0 Å². The Balaban J connectivity index is 2.89. The summed E-state index contributed by atoms with van der Waals surface area (Å²) < 4.78 is 0. The van der Waals surface area contributed by atoms with Crippen LogP contribution in [0.1, 0.15) is 45.7 Å². The van der Waals surface area contributed by atoms with Gasteiger partial charge in [0.15, 0.2) is 0 Å². The van der Waals surface area contributed by atoms with Crippen LogP contribution in [0.2, 0.25) is 0 Å². The van der Waals surface area contributed by atoms with E-state index in [4.69, 9.17) is 5.73 Å². The van der Waals surface area contributed by atoms with Gasteiger partial charge >= 0.3 is 0 Å². The number of nitrogens with zero attached hydrogens (tertiary/aromatic N) is 2. The van der Waals surface area contributed by atoms with Crippen LogP contribution in [-0.2, 0) is 0 Å². The van der Waals surface area contributed by atoms with Crippen LogP contribution >= 0.6 is 0 Å². The van der Waals surface area contributed by atoms with Gasteiger partial charge < -0.3 is 5.73 Å². The Morgan fingerprint density at radius 1 is 1.33 bits per heavy atom. The van der Waals surface area contributed by atoms with E-state index in [1.54, 1.807) is 12.1 Å². The van der Waals surface area contributed by atoms with Crippen molar-refractivity contribution in [3.05, 3.63) is 39.9 Å². The molecule has 0 aliphatic heterocycles. The van der Waals surface area contributed by atoms with Gasteiger partial charge in [0.05, 0.1) is 4.92 Å². The van der Waals surface area contributed by atoms with Crippen LogP contribution in [0.25, 0.3) is 0 Å². The molecule has 1 atom stereocenters. The molecule has 5 heteroatoms. The largest absolute Gasteiger partial charge is 0.330 e. The molecule has 0 aliphatic rings. The Morgan fingerprint density at radius 3 is 2.33 bits per heavy atom. The van der Waals surface area contributed by atoms with Gasteiger partial charge in [-0.05, 0) is 37.4 Å². The van der Waals surface area contributed by atoms with Gasteiger partial charge in [0, 0.05) is 24.7 Å². The fourth-order valence-corrected chi connectivity index (χ4v) is 2.40. The molecule has 0 aliphatic carbocycles. The predicted molar refractivity (Wildman–Crippen MR) is 86.2 cm³/mol. The molecule has 0 aromatic heterocycles. The molecule has 1 aromatic carbocycles. The van der Waals surface area contributed by atoms with E-state index in [1.165, 1.54) is 0 Å². The van der Waals surface area contributed by atoms with E-state index >= 15 is 0 Å². The van der Waals surface area contributed by atoms with Crippen LogP contribution in [0.3, 0.4) is 0 Å². The van der Waals surface area contributed by atoms with Crippen molar-refractivity contribution in [3.63, 3.8) is 0 Å². The van der Waals surface area contributed by atoms with Crippen molar-refractivity contribution < 1.29 is 4.92 Å². The van der Waals surface area contributed by atoms with Crippen molar-refractivity contribution in [3.8, 4) is 0 Å². The van der Waals surface area contributed by atoms with Crippen molar-refractivity contribution in [2.75, 3.05) is 19.6 Å². The molecule has 1 aromatic rings. The maximum atomic E-state index is 10.7. The van der Waals surface area contributed by atoms with E-state index in [2.05, 4.69) is 32.6 Å². The Hall–Kier alpha value is -1.46. The SMILES string of the molecule is CCCN(CC(C)(C)CN)C(C)c1ccc([N+](=O)[O-])cc1. The molecule has 0 amide bonds. The van der Waals surface area contributed by atoms with Gasteiger partial charge in [0.1, 0.15) is 0 Å². The zero-order valence-electron chi connectivity index (χ0n) is 13.5. The maximum Gasteiger partial charge on any atom is 0.269 e. The van der Waals surface area contributed by atoms with Gasteiger partial charge in [0.25, 0.3) is 5.69 Å². The lowest BCUT2D eigenvalue weighted by Gasteiger charge is -2.36. The summed E-state index contributed by atoms with van der Waals surface area (Å²) in [6, 6.07) is 7.06. The van der Waals surface area contributed by atoms with E-state index in [-0.39, 0.29) is 22.1 Å². The highest BCUT2D eigenvalue weighted by molar-refractivity contribution is 5.34. The number of benzene rings is 1. The molecule has 2 N–H and O–H groups in total. The molecule has 0 heterocycles. The molecule has 5 nitrogen and oxygen atoms in total. The molecule has 0 spiro atoms. The lowest BCUT2D eigenvalue weighted by atomic mass is 9.91. The fourth-order valence-electron chi connectivity index (χ4n) is 2.40. The minimum atomic E-state index is -0.365. The average molecular weight is 293 g/mol. The second-order valence-electron chi connectivity index (χ2n) is 6.36. The third-order valence-corrected chi connectivity index (χ3v) is 3.83. The lowest BCUT2D eigenvalue weighted by Crippen LogP contribution is -2.40. The summed E-state index contributed by atoms with van der Waals surface area (Å²) in [5.41, 5.74) is 7.13. The summed E-state index contributed by atoms with van der Waals surface area (Å²) in [4.78, 5) is 12.8. The van der Waals surface area contributed by atoms with Crippen LogP contribution < -0.4 is 5.73 Å². The van der Waals surface area contributed by atoms with Gasteiger partial charge in [-0.3, -0.25) is 15.0 Å². The summed E-state index contributed by atoms with van der Waals surface area (Å²) in [5.74, 6) is 0. The number of nitro groups is 1. The molecule has 0 saturated heterocycles. The summed E-state index contributed by atoms with van der Waals surface area (Å²) in [6.45, 7) is 11.2. The van der Waals surface area contributed by atoms with Gasteiger partial charge in [-0.2, -0.15) is 0 Å². The topological polar surface area (TPSA) is 72.4 Å². The van der Waals surface area contributed by atoms with Crippen LogP contribution in [-0.4, -0.2) is 29.5 Å². The quantitative estimate of drug-likeness (QED) is 0.589. The first-order valence-electron chi connectivity index (χ1n) is 7.49. The molecule has 118 valence electrons. The van der Waals surface area contributed by atoms with Gasteiger partial charge in [-0.15, -0.1) is 0 Å². The van der Waals surface area contributed by atoms with Gasteiger partial charge in [-0.25, -0.2) is 0 Å². The minimum Gasteiger partial charge on any atom is -0.330 e. The van der Waals surface area contributed by atoms with E-state index in [0.717, 1.165) is 25.1 Å². The molecular weight excluding hydrogens is 266 g/mol. The van der Waals surface area contributed by atoms with Crippen LogP contribution in [0.15, 0.2) is 24.3 Å². The molecule has 0 fully saturated rings. The molecule has 0 saturated carbocycles. The second-order valence-corrected chi connectivity index (χ2v) is 6.36. The highest BCUT2D eigenvalue weighted by Gasteiger charge is 2.24. The van der Waals surface area contributed by atoms with E-state index < -0.39 is 0 Å². The zero-order valence-corrected chi connectivity index (χ0v) is 13.5. The summed E-state index contributed by atoms with van der Waals surface area (Å²) in [5, 5.41) is 10.7. The van der Waals surface area contributed by atoms with Gasteiger partial charge in [-0.1, -0.05) is 32.9 Å². The number of non-ortho nitro benzene ring substituents is 1. The van der Waals surface area contributed by atoms with Crippen molar-refractivity contribution in [1.82, 2.24) is 4.90 Å². The first kappa shape index (κ1) is 17.6. The third kappa shape index (κ3) is 5.10. The zero-order chi connectivity index (χ0) is 16.0. The number of hydrogen-bond acceptors (Lipinski definition) is 4. The lowest BCUT2D eigenvalue weighted by molar-refractivity contribution is -0.384. The Labute approximate surface area is 127 Å². The standard InChI is InChI=1S/C16H27N3O2/c1-5-10-18(12-16(3,4)11-17)13(2)14-6-8-15(9-7-14)19(20)21/h6-9,13H,5,10-12,17H2,1-4H3. The summed E-state index contributed by atoms with van der Waals surface area (Å²) >= 11 is 0. The highest BCUT2D eigenvalue weighted by atomic mass is 16.6. The normalized spacial score (nSPS) is 13.4. The molecule has 21 heavy (non-hydrogen) atoms. The Bertz CT molecular complexity index is 457. The summed E-state index contributed by atoms with van der Waals surface area (Å²) in [6.07, 6.45) is 1.07. The highest BCUT2D eigenvalue weighted by Crippen LogP contribution is 2.26. The first-order valence-corrected chi connectivity index (χ1v) is 7.49. The van der Waals surface area contributed by atoms with Crippen LogP contribution in [0.4, 0.5) is 5.69 Å². The Kier molecular flexibility index (Phi) is 6.30. The van der Waals surface area contributed by atoms with Crippen LogP contribution in [0.5, 0.6) is 0 Å². The van der Waals surface area contributed by atoms with E-state index in [0.29, 0.717) is 6.54 Å². The van der Waals surface area contributed by atoms with Crippen molar-refractivity contribution in [2.24, 2.45) is 11.1 Å². The first-order chi connectivity index (χ1) is 9.80. The average Bonchev–Trinajstić information content (AvgIpc) is 2.46. The van der Waals surface area contributed by atoms with Crippen molar-refractivity contribution >= 4 is 5.69 Å². The van der Waals surface area contributed by atoms with Crippen molar-refractivity contribution in [2.45, 2.75) is 40.2 Å². The van der Waals surface area contributed by atoms with Crippen LogP contribution in [0, 0.1) is 15.5 Å². The maximum absolute atomic E-state index is 10.7. The minimum absolute atomic E-state index is 0.0597. The molecular formula is C16H27N3O2. The van der Waals surface area contributed by atoms with E-state index in [1.807, 2.05) is 12.1 Å². The number of nitrogens with two attached hydrogens (primary N) is 1. The predicted octanol–water partition coefficient (Wildman–Crippen LogP) is 3.35. The summed E-state index contributed by atoms with van der Waals surface area (Å²) in [7, 11) is 0. The third-order valence-electron chi connectivity index (χ3n) is 3.83. The second kappa shape index (κ2) is 7.52. The van der Waals surface area contributed by atoms with E-state index in [9.17, 15) is 10.1 Å². The fraction of sp³-hybridized carbons (Fsp3) is 0.625. The number of hydrogen-bond donors (Lipinski definition) is 1. The number of nitro benzene ring substituents is 1.